The van der Waals surface area contributed by atoms with Gasteiger partial charge in [-0.3, -0.25) is 4.79 Å². The molecule has 2 saturated carbocycles. The molecule has 2 unspecified atom stereocenters. The molecule has 196 valence electrons. The van der Waals surface area contributed by atoms with E-state index < -0.39 is 17.3 Å². The molecule has 6 nitrogen and oxygen atoms in total. The number of hydrogen-bond acceptors (Lipinski definition) is 3. The second-order valence-electron chi connectivity index (χ2n) is 10.9. The number of aromatic nitrogens is 2. The number of carboxylic acid groups (broad SMARTS) is 1. The lowest BCUT2D eigenvalue weighted by Gasteiger charge is -2.31. The van der Waals surface area contributed by atoms with Gasteiger partial charge < -0.3 is 15.4 Å². The molecular formula is C31H32ClN3O3. The number of carbonyl (C=O) groups excluding carboxylic acids is 1. The molecule has 1 amide bonds. The van der Waals surface area contributed by atoms with E-state index in [9.17, 15) is 14.7 Å². The van der Waals surface area contributed by atoms with Crippen molar-refractivity contribution >= 4 is 40.1 Å². The van der Waals surface area contributed by atoms with Gasteiger partial charge in [0, 0.05) is 23.1 Å². The van der Waals surface area contributed by atoms with Gasteiger partial charge in [0.1, 0.15) is 5.82 Å². The number of amides is 1. The average Bonchev–Trinajstić information content (AvgIpc) is 3.69. The number of nitrogens with zero attached hydrogens (tertiary/aromatic N) is 1. The predicted octanol–water partition coefficient (Wildman–Crippen LogP) is 6.69. The number of hydrogen-bond donors (Lipinski definition) is 3. The van der Waals surface area contributed by atoms with Crippen LogP contribution >= 0.6 is 11.6 Å². The molecule has 1 aromatic heterocycles. The number of para-hydroxylation sites is 2. The fourth-order valence-corrected chi connectivity index (χ4v) is 6.62. The van der Waals surface area contributed by atoms with E-state index in [-0.39, 0.29) is 17.5 Å². The largest absolute Gasteiger partial charge is 0.478 e. The Morgan fingerprint density at radius 2 is 1.79 bits per heavy atom. The number of allylic oxidation sites excluding steroid dienone is 4. The number of nitrogens with one attached hydrogen (secondary N) is 2. The van der Waals surface area contributed by atoms with E-state index in [4.69, 9.17) is 16.6 Å². The smallest absolute Gasteiger partial charge is 0.336 e. The number of benzene rings is 2. The lowest BCUT2D eigenvalue weighted by atomic mass is 9.81. The lowest BCUT2D eigenvalue weighted by molar-refractivity contribution is 0.0695. The molecule has 0 aliphatic heterocycles. The molecule has 38 heavy (non-hydrogen) atoms. The van der Waals surface area contributed by atoms with Crippen molar-refractivity contribution in [3.63, 3.8) is 0 Å². The van der Waals surface area contributed by atoms with Gasteiger partial charge in [-0.25, -0.2) is 9.78 Å². The maximum atomic E-state index is 13.4. The number of fused-ring (bicyclic) bond motifs is 1. The van der Waals surface area contributed by atoms with Gasteiger partial charge in [0.05, 0.1) is 22.0 Å². The van der Waals surface area contributed by atoms with Crippen LogP contribution in [0.1, 0.15) is 83.0 Å². The third kappa shape index (κ3) is 4.90. The number of aromatic carboxylic acids is 1. The standard InChI is InChI=1S/C31H32ClN3O3/c32-24-10-6-9-22(29-33-25-11-4-5-12-26(25)34-29)27(24)21-16-15-20(17-23(21)31(37)38)30(36)35-28(19-13-14-19)18-7-2-1-3-8-18/h4-6,9-12,15-19,24,27-28H,1-3,7-8,13-14H2,(H,33,34)(H,35,36)(H,37,38)/t24-,27?,28?/m0/s1. The third-order valence-electron chi connectivity index (χ3n) is 8.35. The molecule has 3 atom stereocenters. The van der Waals surface area contributed by atoms with Crippen LogP contribution in [-0.4, -0.2) is 38.4 Å². The van der Waals surface area contributed by atoms with Crippen LogP contribution in [0.5, 0.6) is 0 Å². The van der Waals surface area contributed by atoms with Crippen molar-refractivity contribution in [3.8, 4) is 0 Å². The summed E-state index contributed by atoms with van der Waals surface area (Å²) < 4.78 is 0. The van der Waals surface area contributed by atoms with Crippen molar-refractivity contribution in [2.24, 2.45) is 11.8 Å². The van der Waals surface area contributed by atoms with Gasteiger partial charge in [0.2, 0.25) is 0 Å². The number of carboxylic acids is 1. The van der Waals surface area contributed by atoms with Gasteiger partial charge in [-0.15, -0.1) is 11.6 Å². The zero-order valence-electron chi connectivity index (χ0n) is 21.2. The maximum Gasteiger partial charge on any atom is 0.336 e. The summed E-state index contributed by atoms with van der Waals surface area (Å²) in [4.78, 5) is 33.9. The van der Waals surface area contributed by atoms with Crippen LogP contribution < -0.4 is 5.32 Å². The van der Waals surface area contributed by atoms with E-state index in [1.807, 2.05) is 42.5 Å². The zero-order valence-corrected chi connectivity index (χ0v) is 22.0. The summed E-state index contributed by atoms with van der Waals surface area (Å²) in [6.07, 6.45) is 14.0. The van der Waals surface area contributed by atoms with Crippen molar-refractivity contribution in [2.45, 2.75) is 62.3 Å². The quantitative estimate of drug-likeness (QED) is 0.297. The van der Waals surface area contributed by atoms with E-state index in [0.29, 0.717) is 28.8 Å². The van der Waals surface area contributed by atoms with Crippen LogP contribution in [0, 0.1) is 11.8 Å². The molecule has 0 radical (unpaired) electrons. The van der Waals surface area contributed by atoms with Crippen molar-refractivity contribution < 1.29 is 14.7 Å². The van der Waals surface area contributed by atoms with Gasteiger partial charge in [-0.1, -0.05) is 55.7 Å². The monoisotopic (exact) mass is 529 g/mol. The molecule has 0 bridgehead atoms. The Kier molecular flexibility index (Phi) is 6.83. The Morgan fingerprint density at radius 1 is 1.03 bits per heavy atom. The Bertz CT molecular complexity index is 1400. The molecule has 0 saturated heterocycles. The normalized spacial score (nSPS) is 22.7. The first-order valence-electron chi connectivity index (χ1n) is 13.7. The van der Waals surface area contributed by atoms with Crippen molar-refractivity contribution in [2.75, 3.05) is 0 Å². The molecule has 3 aliphatic carbocycles. The van der Waals surface area contributed by atoms with E-state index in [0.717, 1.165) is 42.3 Å². The topological polar surface area (TPSA) is 95.1 Å². The Hall–Kier alpha value is -3.38. The molecule has 7 heteroatoms. The Labute approximate surface area is 227 Å². The van der Waals surface area contributed by atoms with Crippen LogP contribution in [0.2, 0.25) is 0 Å². The molecule has 3 N–H and O–H groups in total. The number of H-pyrrole nitrogens is 1. The summed E-state index contributed by atoms with van der Waals surface area (Å²) in [5.74, 6) is 0.00310. The van der Waals surface area contributed by atoms with E-state index >= 15 is 0 Å². The SMILES string of the molecule is O=C(NC(C1CCCCC1)C1CC1)c1ccc(C2C(c3nc4ccccc4[nH]3)=CC=C[C@@H]2Cl)c(C(=O)O)c1. The van der Waals surface area contributed by atoms with Gasteiger partial charge in [0.15, 0.2) is 0 Å². The van der Waals surface area contributed by atoms with Gasteiger partial charge in [-0.05, 0) is 67.3 Å². The number of aromatic amines is 1. The molecule has 1 heterocycles. The lowest BCUT2D eigenvalue weighted by Crippen LogP contribution is -2.42. The highest BCUT2D eigenvalue weighted by Crippen LogP contribution is 2.42. The fraction of sp³-hybridized carbons (Fsp3) is 0.387. The summed E-state index contributed by atoms with van der Waals surface area (Å²) >= 11 is 6.79. The molecule has 2 aromatic carbocycles. The van der Waals surface area contributed by atoms with E-state index in [2.05, 4.69) is 10.3 Å². The first-order chi connectivity index (χ1) is 18.5. The first kappa shape index (κ1) is 24.9. The van der Waals surface area contributed by atoms with E-state index in [1.54, 1.807) is 12.1 Å². The number of alkyl halides is 1. The Balaban J connectivity index is 1.31. The maximum absolute atomic E-state index is 13.4. The molecular weight excluding hydrogens is 498 g/mol. The summed E-state index contributed by atoms with van der Waals surface area (Å²) in [6, 6.07) is 12.9. The second kappa shape index (κ2) is 10.4. The number of rotatable bonds is 7. The van der Waals surface area contributed by atoms with Crippen molar-refractivity contribution in [1.29, 1.82) is 0 Å². The predicted molar refractivity (Wildman–Crippen MR) is 150 cm³/mol. The molecule has 2 fully saturated rings. The van der Waals surface area contributed by atoms with Crippen LogP contribution in [0.15, 0.2) is 60.7 Å². The highest BCUT2D eigenvalue weighted by molar-refractivity contribution is 6.23. The second-order valence-corrected chi connectivity index (χ2v) is 11.4. The first-order valence-corrected chi connectivity index (χ1v) is 14.1. The van der Waals surface area contributed by atoms with Gasteiger partial charge in [-0.2, -0.15) is 0 Å². The summed E-state index contributed by atoms with van der Waals surface area (Å²) in [5.41, 5.74) is 3.57. The van der Waals surface area contributed by atoms with Crippen molar-refractivity contribution in [3.05, 3.63) is 83.2 Å². The molecule has 0 spiro atoms. The minimum absolute atomic E-state index is 0.0891. The third-order valence-corrected chi connectivity index (χ3v) is 8.75. The van der Waals surface area contributed by atoms with Gasteiger partial charge >= 0.3 is 5.97 Å². The number of carbonyl (C=O) groups is 2. The average molecular weight is 530 g/mol. The molecule has 6 rings (SSSR count). The fourth-order valence-electron chi connectivity index (χ4n) is 6.26. The van der Waals surface area contributed by atoms with Crippen LogP contribution in [0.25, 0.3) is 16.6 Å². The summed E-state index contributed by atoms with van der Waals surface area (Å²) in [7, 11) is 0. The van der Waals surface area contributed by atoms with E-state index in [1.165, 1.54) is 25.3 Å². The minimum Gasteiger partial charge on any atom is -0.478 e. The van der Waals surface area contributed by atoms with Gasteiger partial charge in [0.25, 0.3) is 5.91 Å². The number of imidazole rings is 1. The van der Waals surface area contributed by atoms with Crippen LogP contribution in [-0.2, 0) is 0 Å². The molecule has 3 aliphatic rings. The minimum atomic E-state index is -1.08. The summed E-state index contributed by atoms with van der Waals surface area (Å²) in [5, 5.41) is 13.0. The molecule has 3 aromatic rings. The van der Waals surface area contributed by atoms with Crippen LogP contribution in [0.3, 0.4) is 0 Å². The van der Waals surface area contributed by atoms with Crippen LogP contribution in [0.4, 0.5) is 0 Å². The summed E-state index contributed by atoms with van der Waals surface area (Å²) in [6.45, 7) is 0. The van der Waals surface area contributed by atoms with Crippen molar-refractivity contribution in [1.82, 2.24) is 15.3 Å². The Morgan fingerprint density at radius 3 is 2.53 bits per heavy atom. The highest BCUT2D eigenvalue weighted by Gasteiger charge is 2.38. The zero-order chi connectivity index (χ0) is 26.2. The highest BCUT2D eigenvalue weighted by atomic mass is 35.5. The number of halogens is 1.